The summed E-state index contributed by atoms with van der Waals surface area (Å²) in [5.74, 6) is 2.48. The van der Waals surface area contributed by atoms with Gasteiger partial charge in [0.25, 0.3) is 0 Å². The van der Waals surface area contributed by atoms with Crippen LogP contribution in [-0.2, 0) is 12.8 Å². The monoisotopic (exact) mass is 382 g/mol. The van der Waals surface area contributed by atoms with Crippen LogP contribution in [0.15, 0.2) is 60.7 Å². The van der Waals surface area contributed by atoms with E-state index in [1.807, 2.05) is 6.07 Å². The molecule has 0 aliphatic carbocycles. The molecule has 1 aliphatic rings. The van der Waals surface area contributed by atoms with Crippen molar-refractivity contribution >= 4 is 0 Å². The number of ether oxygens (including phenoxy) is 1. The number of benzene rings is 2. The van der Waals surface area contributed by atoms with Crippen LogP contribution in [0.2, 0.25) is 0 Å². The summed E-state index contributed by atoms with van der Waals surface area (Å²) in [6.45, 7) is 2.14. The van der Waals surface area contributed by atoms with Crippen LogP contribution in [0.5, 0.6) is 5.88 Å². The second-order valence-corrected chi connectivity index (χ2v) is 7.34. The Bertz CT molecular complexity index is 1180. The number of methoxy groups -OCH3 is 1. The second-order valence-electron chi connectivity index (χ2n) is 7.34. The van der Waals surface area contributed by atoms with Crippen molar-refractivity contribution in [1.82, 2.24) is 19.7 Å². The zero-order valence-electron chi connectivity index (χ0n) is 16.6. The number of aryl methyl sites for hydroxylation is 3. The highest BCUT2D eigenvalue weighted by Gasteiger charge is 2.22. The Kier molecular flexibility index (Phi) is 4.35. The summed E-state index contributed by atoms with van der Waals surface area (Å²) in [4.78, 5) is 4.67. The molecule has 4 aromatic rings. The Morgan fingerprint density at radius 3 is 2.45 bits per heavy atom. The lowest BCUT2D eigenvalue weighted by Gasteiger charge is -2.12. The molecule has 0 saturated heterocycles. The lowest BCUT2D eigenvalue weighted by Crippen LogP contribution is -2.05. The fraction of sp³-hybridized carbons (Fsp3) is 0.208. The molecule has 2 aromatic carbocycles. The standard InChI is InChI=1S/C24H22N4O/c1-16-6-3-4-7-19(16)17-10-12-18(13-11-17)24-27-26-22-9-5-8-20-21(28(22)24)14-15-23(25-20)29-2/h3-4,6-7,10-15H,5,8-9H2,1-2H3. The van der Waals surface area contributed by atoms with Gasteiger partial charge in [-0.25, -0.2) is 4.98 Å². The second kappa shape index (κ2) is 7.17. The minimum Gasteiger partial charge on any atom is -0.481 e. The molecule has 0 radical (unpaired) electrons. The number of hydrogen-bond acceptors (Lipinski definition) is 4. The van der Waals surface area contributed by atoms with Crippen molar-refractivity contribution in [3.05, 3.63) is 77.7 Å². The molecule has 29 heavy (non-hydrogen) atoms. The Balaban J connectivity index is 1.59. The van der Waals surface area contributed by atoms with Crippen LogP contribution in [0.25, 0.3) is 28.2 Å². The van der Waals surface area contributed by atoms with Crippen molar-refractivity contribution in [3.63, 3.8) is 0 Å². The van der Waals surface area contributed by atoms with E-state index in [1.165, 1.54) is 16.7 Å². The summed E-state index contributed by atoms with van der Waals surface area (Å²) in [6, 6.07) is 21.0. The van der Waals surface area contributed by atoms with Crippen LogP contribution < -0.4 is 4.74 Å². The highest BCUT2D eigenvalue weighted by Crippen LogP contribution is 2.31. The summed E-state index contributed by atoms with van der Waals surface area (Å²) < 4.78 is 7.47. The zero-order chi connectivity index (χ0) is 19.8. The van der Waals surface area contributed by atoms with Gasteiger partial charge >= 0.3 is 0 Å². The van der Waals surface area contributed by atoms with Crippen LogP contribution in [0.4, 0.5) is 0 Å². The Labute approximate surface area is 170 Å². The number of hydrogen-bond donors (Lipinski definition) is 0. The molecule has 0 bridgehead atoms. The van der Waals surface area contributed by atoms with Crippen molar-refractivity contribution in [2.75, 3.05) is 7.11 Å². The summed E-state index contributed by atoms with van der Waals surface area (Å²) in [5.41, 5.74) is 6.84. The lowest BCUT2D eigenvalue weighted by atomic mass is 9.99. The van der Waals surface area contributed by atoms with Gasteiger partial charge in [0.2, 0.25) is 5.88 Å². The molecule has 0 saturated carbocycles. The number of rotatable bonds is 3. The first-order valence-corrected chi connectivity index (χ1v) is 9.89. The maximum Gasteiger partial charge on any atom is 0.213 e. The molecule has 0 fully saturated rings. The Morgan fingerprint density at radius 1 is 0.862 bits per heavy atom. The van der Waals surface area contributed by atoms with Crippen molar-refractivity contribution in [2.45, 2.75) is 26.2 Å². The smallest absolute Gasteiger partial charge is 0.213 e. The van der Waals surface area contributed by atoms with E-state index in [4.69, 9.17) is 4.74 Å². The Hall–Kier alpha value is -3.47. The molecular weight excluding hydrogens is 360 g/mol. The average Bonchev–Trinajstić information content (AvgIpc) is 3.09. The molecule has 0 unspecified atom stereocenters. The van der Waals surface area contributed by atoms with E-state index >= 15 is 0 Å². The molecule has 0 amide bonds. The number of nitrogens with zero attached hydrogens (tertiary/aromatic N) is 4. The van der Waals surface area contributed by atoms with Gasteiger partial charge in [-0.15, -0.1) is 10.2 Å². The van der Waals surface area contributed by atoms with E-state index in [1.54, 1.807) is 7.11 Å². The van der Waals surface area contributed by atoms with Gasteiger partial charge < -0.3 is 4.74 Å². The first-order valence-electron chi connectivity index (χ1n) is 9.89. The van der Waals surface area contributed by atoms with Gasteiger partial charge in [0, 0.05) is 18.1 Å². The van der Waals surface area contributed by atoms with Crippen molar-refractivity contribution in [3.8, 4) is 34.1 Å². The van der Waals surface area contributed by atoms with Gasteiger partial charge in [0.1, 0.15) is 5.82 Å². The first kappa shape index (κ1) is 17.6. The molecule has 5 heteroatoms. The Morgan fingerprint density at radius 2 is 1.66 bits per heavy atom. The number of aromatic nitrogens is 4. The maximum absolute atomic E-state index is 5.32. The summed E-state index contributed by atoms with van der Waals surface area (Å²) in [5, 5.41) is 9.01. The molecule has 1 aliphatic heterocycles. The molecule has 2 aromatic heterocycles. The zero-order valence-corrected chi connectivity index (χ0v) is 16.6. The van der Waals surface area contributed by atoms with Crippen molar-refractivity contribution in [1.29, 1.82) is 0 Å². The minimum atomic E-state index is 0.643. The molecule has 0 atom stereocenters. The minimum absolute atomic E-state index is 0.643. The molecule has 3 heterocycles. The van der Waals surface area contributed by atoms with Gasteiger partial charge in [-0.3, -0.25) is 4.57 Å². The van der Waals surface area contributed by atoms with E-state index in [0.717, 1.165) is 47.9 Å². The van der Waals surface area contributed by atoms with Gasteiger partial charge in [-0.2, -0.15) is 0 Å². The fourth-order valence-corrected chi connectivity index (χ4v) is 4.00. The first-order chi connectivity index (χ1) is 14.2. The third-order valence-electron chi connectivity index (χ3n) is 5.52. The normalized spacial score (nSPS) is 12.8. The van der Waals surface area contributed by atoms with Crippen LogP contribution in [0.1, 0.15) is 23.5 Å². The number of pyridine rings is 1. The third kappa shape index (κ3) is 3.09. The van der Waals surface area contributed by atoms with E-state index < -0.39 is 0 Å². The van der Waals surface area contributed by atoms with E-state index in [2.05, 4.69) is 81.3 Å². The predicted molar refractivity (Wildman–Crippen MR) is 113 cm³/mol. The van der Waals surface area contributed by atoms with Gasteiger partial charge in [-0.05, 0) is 42.5 Å². The van der Waals surface area contributed by atoms with E-state index in [0.29, 0.717) is 5.88 Å². The largest absolute Gasteiger partial charge is 0.481 e. The van der Waals surface area contributed by atoms with E-state index in [-0.39, 0.29) is 0 Å². The van der Waals surface area contributed by atoms with Crippen LogP contribution >= 0.6 is 0 Å². The SMILES string of the molecule is COc1ccc2c(n1)CCCc1nnc(-c3ccc(-c4ccccc4C)cc3)n1-2. The topological polar surface area (TPSA) is 52.8 Å². The van der Waals surface area contributed by atoms with Crippen molar-refractivity contribution in [2.24, 2.45) is 0 Å². The van der Waals surface area contributed by atoms with E-state index in [9.17, 15) is 0 Å². The molecule has 5 nitrogen and oxygen atoms in total. The predicted octanol–water partition coefficient (Wildman–Crippen LogP) is 4.80. The highest BCUT2D eigenvalue weighted by atomic mass is 16.5. The fourth-order valence-electron chi connectivity index (χ4n) is 4.00. The molecule has 144 valence electrons. The molecular formula is C24H22N4O. The average molecular weight is 382 g/mol. The highest BCUT2D eigenvalue weighted by molar-refractivity contribution is 5.71. The number of fused-ring (bicyclic) bond motifs is 3. The molecule has 0 N–H and O–H groups in total. The van der Waals surface area contributed by atoms with Gasteiger partial charge in [0.15, 0.2) is 5.82 Å². The third-order valence-corrected chi connectivity index (χ3v) is 5.52. The van der Waals surface area contributed by atoms with Gasteiger partial charge in [0.05, 0.1) is 18.5 Å². The van der Waals surface area contributed by atoms with Crippen LogP contribution in [0, 0.1) is 6.92 Å². The van der Waals surface area contributed by atoms with Gasteiger partial charge in [-0.1, -0.05) is 48.5 Å². The lowest BCUT2D eigenvalue weighted by molar-refractivity contribution is 0.396. The molecule has 0 spiro atoms. The van der Waals surface area contributed by atoms with Crippen LogP contribution in [0.3, 0.4) is 0 Å². The quantitative estimate of drug-likeness (QED) is 0.511. The van der Waals surface area contributed by atoms with Crippen LogP contribution in [-0.4, -0.2) is 26.9 Å². The molecule has 5 rings (SSSR count). The summed E-state index contributed by atoms with van der Waals surface area (Å²) >= 11 is 0. The summed E-state index contributed by atoms with van der Waals surface area (Å²) in [6.07, 6.45) is 2.78. The summed E-state index contributed by atoms with van der Waals surface area (Å²) in [7, 11) is 1.65. The maximum atomic E-state index is 5.32. The van der Waals surface area contributed by atoms with Crippen molar-refractivity contribution < 1.29 is 4.74 Å².